The SMILES string of the molecule is COc1ccc(C(NC(=O)C(C)NC(=O)C(F)c2ccccc2)C(=O)NC(C(=O)C(F)(F)F)C(C)C)cc1. The molecule has 2 aromatic carbocycles. The van der Waals surface area contributed by atoms with E-state index in [4.69, 9.17) is 4.74 Å². The van der Waals surface area contributed by atoms with Crippen molar-refractivity contribution in [1.82, 2.24) is 16.0 Å². The first-order valence-electron chi connectivity index (χ1n) is 11.6. The van der Waals surface area contributed by atoms with Gasteiger partial charge in [0.05, 0.1) is 13.2 Å². The summed E-state index contributed by atoms with van der Waals surface area (Å²) in [7, 11) is 1.40. The number of benzene rings is 2. The van der Waals surface area contributed by atoms with Crippen LogP contribution in [0.5, 0.6) is 5.75 Å². The second-order valence-corrected chi connectivity index (χ2v) is 8.81. The molecule has 3 N–H and O–H groups in total. The zero-order chi connectivity index (χ0) is 28.6. The van der Waals surface area contributed by atoms with E-state index >= 15 is 0 Å². The first-order chi connectivity index (χ1) is 17.8. The largest absolute Gasteiger partial charge is 0.497 e. The van der Waals surface area contributed by atoms with Gasteiger partial charge in [0.1, 0.15) is 17.8 Å². The Balaban J connectivity index is 2.25. The van der Waals surface area contributed by atoms with Crippen LogP contribution in [0.3, 0.4) is 0 Å². The summed E-state index contributed by atoms with van der Waals surface area (Å²) in [6, 6.07) is 8.44. The van der Waals surface area contributed by atoms with E-state index in [2.05, 4.69) is 16.0 Å². The molecule has 0 saturated heterocycles. The predicted octanol–water partition coefficient (Wildman–Crippen LogP) is 3.34. The van der Waals surface area contributed by atoms with E-state index in [0.717, 1.165) is 0 Å². The summed E-state index contributed by atoms with van der Waals surface area (Å²) in [4.78, 5) is 50.2. The summed E-state index contributed by atoms with van der Waals surface area (Å²) in [5, 5.41) is 6.64. The normalized spacial score (nSPS) is 14.6. The van der Waals surface area contributed by atoms with Crippen LogP contribution in [0.25, 0.3) is 0 Å². The van der Waals surface area contributed by atoms with Crippen LogP contribution in [0, 0.1) is 5.92 Å². The summed E-state index contributed by atoms with van der Waals surface area (Å²) in [6.45, 7) is 3.90. The minimum absolute atomic E-state index is 0.0714. The molecule has 0 aliphatic heterocycles. The van der Waals surface area contributed by atoms with Gasteiger partial charge in [-0.2, -0.15) is 13.2 Å². The van der Waals surface area contributed by atoms with Crippen LogP contribution in [0.1, 0.15) is 44.1 Å². The second-order valence-electron chi connectivity index (χ2n) is 8.81. The molecular weight excluding hydrogens is 510 g/mol. The number of rotatable bonds is 11. The lowest BCUT2D eigenvalue weighted by molar-refractivity contribution is -0.175. The molecule has 2 rings (SSSR count). The lowest BCUT2D eigenvalue weighted by Gasteiger charge is -2.27. The van der Waals surface area contributed by atoms with Crippen molar-refractivity contribution >= 4 is 23.5 Å². The molecule has 0 heterocycles. The van der Waals surface area contributed by atoms with Crippen LogP contribution in [-0.2, 0) is 19.2 Å². The number of nitrogens with one attached hydrogen (secondary N) is 3. The van der Waals surface area contributed by atoms with E-state index in [1.54, 1.807) is 6.07 Å². The summed E-state index contributed by atoms with van der Waals surface area (Å²) in [5.41, 5.74) is 0.229. The lowest BCUT2D eigenvalue weighted by Crippen LogP contribution is -2.54. The molecule has 0 spiro atoms. The van der Waals surface area contributed by atoms with Crippen LogP contribution in [0.2, 0.25) is 0 Å². The molecule has 38 heavy (non-hydrogen) atoms. The highest BCUT2D eigenvalue weighted by molar-refractivity contribution is 5.97. The summed E-state index contributed by atoms with van der Waals surface area (Å²) in [5.74, 6) is -5.76. The number of methoxy groups -OCH3 is 1. The molecule has 4 unspecified atom stereocenters. The fourth-order valence-electron chi connectivity index (χ4n) is 3.44. The number of hydrogen-bond donors (Lipinski definition) is 3. The highest BCUT2D eigenvalue weighted by Gasteiger charge is 2.45. The maximum absolute atomic E-state index is 14.5. The molecule has 3 amide bonds. The van der Waals surface area contributed by atoms with Crippen molar-refractivity contribution in [3.8, 4) is 5.75 Å². The first-order valence-corrected chi connectivity index (χ1v) is 11.6. The topological polar surface area (TPSA) is 114 Å². The molecule has 8 nitrogen and oxygen atoms in total. The maximum Gasteiger partial charge on any atom is 0.452 e. The third-order valence-electron chi connectivity index (χ3n) is 5.60. The van der Waals surface area contributed by atoms with Crippen molar-refractivity contribution in [2.24, 2.45) is 5.92 Å². The van der Waals surface area contributed by atoms with E-state index in [0.29, 0.717) is 5.75 Å². The Morgan fingerprint density at radius 3 is 1.84 bits per heavy atom. The Hall–Kier alpha value is -3.96. The average molecular weight is 540 g/mol. The number of ketones is 1. The third kappa shape index (κ3) is 8.02. The van der Waals surface area contributed by atoms with E-state index < -0.39 is 59.9 Å². The molecule has 0 bridgehead atoms. The van der Waals surface area contributed by atoms with Crippen molar-refractivity contribution in [1.29, 1.82) is 0 Å². The van der Waals surface area contributed by atoms with Crippen molar-refractivity contribution in [2.75, 3.05) is 7.11 Å². The van der Waals surface area contributed by atoms with Gasteiger partial charge in [-0.1, -0.05) is 56.3 Å². The zero-order valence-electron chi connectivity index (χ0n) is 21.1. The van der Waals surface area contributed by atoms with Crippen LogP contribution in [0.4, 0.5) is 17.6 Å². The molecule has 0 aromatic heterocycles. The van der Waals surface area contributed by atoms with Crippen LogP contribution >= 0.6 is 0 Å². The molecule has 4 atom stereocenters. The molecule has 2 aromatic rings. The molecule has 0 aliphatic rings. The second kappa shape index (κ2) is 13.0. The third-order valence-corrected chi connectivity index (χ3v) is 5.60. The van der Waals surface area contributed by atoms with Gasteiger partial charge in [-0.25, -0.2) is 4.39 Å². The molecular formula is C26H29F4N3O5. The number of amides is 3. The average Bonchev–Trinajstić information content (AvgIpc) is 2.88. The zero-order valence-corrected chi connectivity index (χ0v) is 21.1. The summed E-state index contributed by atoms with van der Waals surface area (Å²) >= 11 is 0. The van der Waals surface area contributed by atoms with Crippen LogP contribution in [-0.4, -0.2) is 48.9 Å². The maximum atomic E-state index is 14.5. The Kier molecular flexibility index (Phi) is 10.4. The Labute approximate surface area is 217 Å². The van der Waals surface area contributed by atoms with E-state index in [1.165, 1.54) is 76.4 Å². The molecule has 0 aliphatic carbocycles. The van der Waals surface area contributed by atoms with Gasteiger partial charge in [0.2, 0.25) is 18.0 Å². The van der Waals surface area contributed by atoms with Gasteiger partial charge in [0.25, 0.3) is 11.7 Å². The van der Waals surface area contributed by atoms with Gasteiger partial charge < -0.3 is 20.7 Å². The molecule has 206 valence electrons. The van der Waals surface area contributed by atoms with E-state index in [9.17, 15) is 36.7 Å². The molecule has 0 saturated carbocycles. The lowest BCUT2D eigenvalue weighted by atomic mass is 9.97. The molecule has 0 fully saturated rings. The number of carbonyl (C=O) groups is 4. The number of hydrogen-bond acceptors (Lipinski definition) is 5. The number of Topliss-reactive ketones (excluding diaryl/α,β-unsaturated/α-hetero) is 1. The number of alkyl halides is 4. The Morgan fingerprint density at radius 2 is 1.34 bits per heavy atom. The van der Waals surface area contributed by atoms with Crippen LogP contribution in [0.15, 0.2) is 54.6 Å². The monoisotopic (exact) mass is 539 g/mol. The Bertz CT molecular complexity index is 1120. The van der Waals surface area contributed by atoms with Crippen molar-refractivity contribution < 1.29 is 41.5 Å². The fraction of sp³-hybridized carbons (Fsp3) is 0.385. The van der Waals surface area contributed by atoms with Crippen molar-refractivity contribution in [3.63, 3.8) is 0 Å². The van der Waals surface area contributed by atoms with Gasteiger partial charge in [0.15, 0.2) is 0 Å². The quantitative estimate of drug-likeness (QED) is 0.379. The Morgan fingerprint density at radius 1 is 0.763 bits per heavy atom. The van der Waals surface area contributed by atoms with E-state index in [1.807, 2.05) is 0 Å². The predicted molar refractivity (Wildman–Crippen MR) is 130 cm³/mol. The highest BCUT2D eigenvalue weighted by atomic mass is 19.4. The minimum Gasteiger partial charge on any atom is -0.497 e. The first kappa shape index (κ1) is 30.3. The number of carbonyl (C=O) groups excluding carboxylic acids is 4. The fourth-order valence-corrected chi connectivity index (χ4v) is 3.44. The minimum atomic E-state index is -5.19. The van der Waals surface area contributed by atoms with Crippen LogP contribution < -0.4 is 20.7 Å². The summed E-state index contributed by atoms with van der Waals surface area (Å²) < 4.78 is 58.8. The van der Waals surface area contributed by atoms with Gasteiger partial charge in [0, 0.05) is 0 Å². The van der Waals surface area contributed by atoms with Gasteiger partial charge in [-0.3, -0.25) is 19.2 Å². The smallest absolute Gasteiger partial charge is 0.452 e. The number of halogens is 4. The molecule has 0 radical (unpaired) electrons. The van der Waals surface area contributed by atoms with E-state index in [-0.39, 0.29) is 11.1 Å². The van der Waals surface area contributed by atoms with Crippen molar-refractivity contribution in [3.05, 3.63) is 65.7 Å². The van der Waals surface area contributed by atoms with Gasteiger partial charge in [-0.15, -0.1) is 0 Å². The van der Waals surface area contributed by atoms with Gasteiger partial charge >= 0.3 is 6.18 Å². The standard InChI is InChI=1S/C26H29F4N3O5/c1-14(2)20(22(34)26(28,29)30)32-25(37)21(17-10-12-18(38-4)13-11-17)33-23(35)15(3)31-24(36)19(27)16-8-6-5-7-9-16/h5-15,19-21H,1-4H3,(H,31,36)(H,32,37)(H,33,35). The number of ether oxygens (including phenoxy) is 1. The highest BCUT2D eigenvalue weighted by Crippen LogP contribution is 2.23. The summed E-state index contributed by atoms with van der Waals surface area (Å²) in [6.07, 6.45) is -7.26. The van der Waals surface area contributed by atoms with Gasteiger partial charge in [-0.05, 0) is 36.1 Å². The molecule has 12 heteroatoms. The van der Waals surface area contributed by atoms with Crippen molar-refractivity contribution in [2.45, 2.75) is 51.2 Å².